The summed E-state index contributed by atoms with van der Waals surface area (Å²) in [5, 5.41) is 0. The van der Waals surface area contributed by atoms with Crippen LogP contribution in [0.2, 0.25) is 0 Å². The molecule has 0 atom stereocenters. The van der Waals surface area contributed by atoms with E-state index in [1.807, 2.05) is 0 Å². The van der Waals surface area contributed by atoms with E-state index in [-0.39, 0.29) is 11.4 Å². The number of urea groups is 1. The Morgan fingerprint density at radius 3 is 2.00 bits per heavy atom. The monoisotopic (exact) mass is 144 g/mol. The molecule has 0 aliphatic carbocycles. The van der Waals surface area contributed by atoms with Crippen LogP contribution in [0.5, 0.6) is 0 Å². The van der Waals surface area contributed by atoms with Crippen LogP contribution in [0, 0.1) is 5.41 Å². The molecule has 0 spiro atoms. The molecule has 2 amide bonds. The molecular weight excluding hydrogens is 128 g/mol. The van der Waals surface area contributed by atoms with Crippen molar-refractivity contribution in [3.63, 3.8) is 0 Å². The Kier molecular flexibility index (Phi) is 2.69. The third-order valence-electron chi connectivity index (χ3n) is 1.09. The lowest BCUT2D eigenvalue weighted by Crippen LogP contribution is -2.37. The van der Waals surface area contributed by atoms with Crippen LogP contribution >= 0.6 is 0 Å². The third kappa shape index (κ3) is 4.18. The van der Waals surface area contributed by atoms with Gasteiger partial charge in [-0.1, -0.05) is 20.8 Å². The van der Waals surface area contributed by atoms with Crippen LogP contribution in [0.15, 0.2) is 0 Å². The van der Waals surface area contributed by atoms with Crippen LogP contribution in [0.25, 0.3) is 0 Å². The van der Waals surface area contributed by atoms with Crippen LogP contribution in [-0.2, 0) is 0 Å². The number of nitrogens with zero attached hydrogens (tertiary/aromatic N) is 1. The molecule has 0 fully saturated rings. The molecule has 0 radical (unpaired) electrons. The summed E-state index contributed by atoms with van der Waals surface area (Å²) in [5.41, 5.74) is 5.16. The fourth-order valence-corrected chi connectivity index (χ4v) is 0.789. The van der Waals surface area contributed by atoms with E-state index in [1.54, 1.807) is 7.05 Å². The number of amides is 2. The van der Waals surface area contributed by atoms with Gasteiger partial charge in [0, 0.05) is 13.6 Å². The summed E-state index contributed by atoms with van der Waals surface area (Å²) in [6.45, 7) is 6.88. The van der Waals surface area contributed by atoms with Gasteiger partial charge < -0.3 is 10.6 Å². The number of hydrogen-bond acceptors (Lipinski definition) is 1. The van der Waals surface area contributed by atoms with E-state index in [1.165, 1.54) is 4.90 Å². The van der Waals surface area contributed by atoms with Gasteiger partial charge in [-0.25, -0.2) is 4.79 Å². The van der Waals surface area contributed by atoms with E-state index < -0.39 is 0 Å². The SMILES string of the molecule is CN(CC(C)(C)C)C(N)=O. The lowest BCUT2D eigenvalue weighted by atomic mass is 9.96. The van der Waals surface area contributed by atoms with Crippen molar-refractivity contribution in [3.05, 3.63) is 0 Å². The van der Waals surface area contributed by atoms with E-state index in [4.69, 9.17) is 5.73 Å². The van der Waals surface area contributed by atoms with Gasteiger partial charge in [-0.15, -0.1) is 0 Å². The smallest absolute Gasteiger partial charge is 0.314 e. The Hall–Kier alpha value is -0.730. The zero-order valence-corrected chi connectivity index (χ0v) is 7.14. The number of carbonyl (C=O) groups is 1. The first-order valence-corrected chi connectivity index (χ1v) is 3.33. The largest absolute Gasteiger partial charge is 0.351 e. The van der Waals surface area contributed by atoms with Crippen molar-refractivity contribution >= 4 is 6.03 Å². The van der Waals surface area contributed by atoms with Crippen molar-refractivity contribution in [2.45, 2.75) is 20.8 Å². The van der Waals surface area contributed by atoms with E-state index in [9.17, 15) is 4.79 Å². The molecule has 0 bridgehead atoms. The Labute approximate surface area is 62.2 Å². The Balaban J connectivity index is 3.80. The van der Waals surface area contributed by atoms with Crippen molar-refractivity contribution in [2.75, 3.05) is 13.6 Å². The van der Waals surface area contributed by atoms with Gasteiger partial charge in [-0.05, 0) is 5.41 Å². The number of rotatable bonds is 1. The van der Waals surface area contributed by atoms with Gasteiger partial charge in [0.2, 0.25) is 0 Å². The van der Waals surface area contributed by atoms with Crippen molar-refractivity contribution in [3.8, 4) is 0 Å². The molecule has 0 saturated heterocycles. The van der Waals surface area contributed by atoms with Gasteiger partial charge in [0.05, 0.1) is 0 Å². The Morgan fingerprint density at radius 1 is 1.50 bits per heavy atom. The minimum absolute atomic E-state index is 0.129. The molecule has 0 saturated carbocycles. The van der Waals surface area contributed by atoms with Crippen molar-refractivity contribution in [1.29, 1.82) is 0 Å². The molecule has 0 aromatic heterocycles. The van der Waals surface area contributed by atoms with Crippen LogP contribution in [-0.4, -0.2) is 24.5 Å². The molecule has 0 aliphatic heterocycles. The van der Waals surface area contributed by atoms with Gasteiger partial charge in [0.15, 0.2) is 0 Å². The maximum absolute atomic E-state index is 10.5. The average Bonchev–Trinajstić information content (AvgIpc) is 1.60. The highest BCUT2D eigenvalue weighted by molar-refractivity contribution is 5.71. The summed E-state index contributed by atoms with van der Waals surface area (Å²) >= 11 is 0. The highest BCUT2D eigenvalue weighted by Crippen LogP contribution is 2.13. The first kappa shape index (κ1) is 9.27. The fourth-order valence-electron chi connectivity index (χ4n) is 0.789. The molecule has 0 aliphatic rings. The second-order valence-electron chi connectivity index (χ2n) is 3.75. The zero-order chi connectivity index (χ0) is 8.36. The minimum atomic E-state index is -0.366. The lowest BCUT2D eigenvalue weighted by Gasteiger charge is -2.24. The molecule has 0 heterocycles. The molecule has 3 nitrogen and oxygen atoms in total. The highest BCUT2D eigenvalue weighted by atomic mass is 16.2. The maximum atomic E-state index is 10.5. The molecule has 2 N–H and O–H groups in total. The summed E-state index contributed by atoms with van der Waals surface area (Å²) in [5.74, 6) is 0. The van der Waals surface area contributed by atoms with E-state index in [2.05, 4.69) is 20.8 Å². The van der Waals surface area contributed by atoms with Gasteiger partial charge >= 0.3 is 6.03 Å². The standard InChI is InChI=1S/C7H16N2O/c1-7(2,3)5-9(4)6(8)10/h5H2,1-4H3,(H2,8,10). The topological polar surface area (TPSA) is 46.3 Å². The molecule has 0 aromatic rings. The predicted molar refractivity (Wildman–Crippen MR) is 41.7 cm³/mol. The molecule has 10 heavy (non-hydrogen) atoms. The summed E-state index contributed by atoms with van der Waals surface area (Å²) < 4.78 is 0. The van der Waals surface area contributed by atoms with Crippen LogP contribution < -0.4 is 5.73 Å². The maximum Gasteiger partial charge on any atom is 0.314 e. The lowest BCUT2D eigenvalue weighted by molar-refractivity contribution is 0.197. The highest BCUT2D eigenvalue weighted by Gasteiger charge is 2.14. The van der Waals surface area contributed by atoms with Gasteiger partial charge in [0.1, 0.15) is 0 Å². The van der Waals surface area contributed by atoms with Crippen molar-refractivity contribution < 1.29 is 4.79 Å². The third-order valence-corrected chi connectivity index (χ3v) is 1.09. The molecule has 0 unspecified atom stereocenters. The Morgan fingerprint density at radius 2 is 1.90 bits per heavy atom. The fraction of sp³-hybridized carbons (Fsp3) is 0.857. The molecule has 0 aromatic carbocycles. The van der Waals surface area contributed by atoms with E-state index in [0.717, 1.165) is 0 Å². The first-order valence-electron chi connectivity index (χ1n) is 3.33. The molecule has 60 valence electrons. The summed E-state index contributed by atoms with van der Waals surface area (Å²) in [7, 11) is 1.70. The normalized spacial score (nSPS) is 11.2. The van der Waals surface area contributed by atoms with Crippen LogP contribution in [0.1, 0.15) is 20.8 Å². The molecular formula is C7H16N2O. The zero-order valence-electron chi connectivity index (χ0n) is 7.14. The number of hydrogen-bond donors (Lipinski definition) is 1. The van der Waals surface area contributed by atoms with Crippen LogP contribution in [0.3, 0.4) is 0 Å². The van der Waals surface area contributed by atoms with E-state index in [0.29, 0.717) is 6.54 Å². The van der Waals surface area contributed by atoms with Crippen molar-refractivity contribution in [1.82, 2.24) is 4.90 Å². The predicted octanol–water partition coefficient (Wildman–Crippen LogP) is 1.04. The number of primary amides is 1. The Bertz CT molecular complexity index is 126. The number of nitrogens with two attached hydrogens (primary N) is 1. The summed E-state index contributed by atoms with van der Waals surface area (Å²) in [6, 6.07) is -0.366. The average molecular weight is 144 g/mol. The van der Waals surface area contributed by atoms with Gasteiger partial charge in [-0.2, -0.15) is 0 Å². The first-order chi connectivity index (χ1) is 4.33. The minimum Gasteiger partial charge on any atom is -0.351 e. The summed E-state index contributed by atoms with van der Waals surface area (Å²) in [6.07, 6.45) is 0. The second kappa shape index (κ2) is 2.90. The number of carbonyl (C=O) groups excluding carboxylic acids is 1. The molecule has 3 heteroatoms. The quantitative estimate of drug-likeness (QED) is 0.587. The molecule has 0 rings (SSSR count). The second-order valence-corrected chi connectivity index (χ2v) is 3.75. The van der Waals surface area contributed by atoms with Gasteiger partial charge in [0.25, 0.3) is 0 Å². The van der Waals surface area contributed by atoms with Crippen molar-refractivity contribution in [2.24, 2.45) is 11.1 Å². The van der Waals surface area contributed by atoms with Gasteiger partial charge in [-0.3, -0.25) is 0 Å². The van der Waals surface area contributed by atoms with E-state index >= 15 is 0 Å². The summed E-state index contributed by atoms with van der Waals surface area (Å²) in [4.78, 5) is 12.0. The van der Waals surface area contributed by atoms with Crippen LogP contribution in [0.4, 0.5) is 4.79 Å².